The Morgan fingerprint density at radius 2 is 2.00 bits per heavy atom. The van der Waals surface area contributed by atoms with Gasteiger partial charge in [-0.15, -0.1) is 0 Å². The van der Waals surface area contributed by atoms with Crippen molar-refractivity contribution < 1.29 is 9.84 Å². The molecule has 1 aliphatic rings. The van der Waals surface area contributed by atoms with Gasteiger partial charge in [-0.3, -0.25) is 0 Å². The summed E-state index contributed by atoms with van der Waals surface area (Å²) in [5.74, 6) is 0. The van der Waals surface area contributed by atoms with Gasteiger partial charge in [0.2, 0.25) is 0 Å². The molecule has 1 saturated heterocycles. The van der Waals surface area contributed by atoms with Gasteiger partial charge in [-0.25, -0.2) is 0 Å². The van der Waals surface area contributed by atoms with Crippen LogP contribution in [0, 0.1) is 0 Å². The largest absolute Gasteiger partial charge is 0.465 e. The average Bonchev–Trinajstić information content (AvgIpc) is 2.25. The van der Waals surface area contributed by atoms with Crippen molar-refractivity contribution in [3.05, 3.63) is 34.9 Å². The minimum absolute atomic E-state index is 0.0222. The Labute approximate surface area is 130 Å². The Hall–Kier alpha value is -0.840. The number of nitrogens with zero attached hydrogens (tertiary/aromatic N) is 1. The molecule has 0 radical (unpaired) electrons. The van der Waals surface area contributed by atoms with Crippen molar-refractivity contribution in [2.24, 2.45) is 0 Å². The van der Waals surface area contributed by atoms with E-state index in [1.165, 1.54) is 0 Å². The summed E-state index contributed by atoms with van der Waals surface area (Å²) in [7, 11) is 0. The molecule has 1 unspecified atom stereocenters. The van der Waals surface area contributed by atoms with Crippen LogP contribution in [-0.4, -0.2) is 33.4 Å². The molecule has 1 N–H and O–H groups in total. The van der Waals surface area contributed by atoms with Crippen molar-refractivity contribution in [2.75, 3.05) is 6.54 Å². The van der Waals surface area contributed by atoms with E-state index in [0.29, 0.717) is 10.2 Å². The van der Waals surface area contributed by atoms with Gasteiger partial charge in [-0.2, -0.15) is 0 Å². The van der Waals surface area contributed by atoms with Gasteiger partial charge in [0.25, 0.3) is 5.17 Å². The molecule has 0 bridgehead atoms. The molecule has 0 saturated carbocycles. The van der Waals surface area contributed by atoms with Crippen LogP contribution in [0.5, 0.6) is 0 Å². The van der Waals surface area contributed by atoms with E-state index >= 15 is 0 Å². The van der Waals surface area contributed by atoms with E-state index in [9.17, 15) is 5.11 Å². The van der Waals surface area contributed by atoms with Crippen LogP contribution in [0.3, 0.4) is 0 Å². The summed E-state index contributed by atoms with van der Waals surface area (Å²) in [6.45, 7) is 6.71. The van der Waals surface area contributed by atoms with Gasteiger partial charge >= 0.3 is 0 Å². The van der Waals surface area contributed by atoms with E-state index in [-0.39, 0.29) is 11.6 Å². The third-order valence-corrected chi connectivity index (χ3v) is 3.84. The van der Waals surface area contributed by atoms with E-state index in [1.54, 1.807) is 12.1 Å². The topological polar surface area (TPSA) is 32.7 Å². The Kier molecular flexibility index (Phi) is 4.57. The van der Waals surface area contributed by atoms with Gasteiger partial charge in [-0.1, -0.05) is 23.7 Å². The van der Waals surface area contributed by atoms with Crippen LogP contribution in [-0.2, 0) is 4.74 Å². The smallest absolute Gasteiger partial charge is 0.260 e. The maximum absolute atomic E-state index is 10.4. The number of hydrogen-bond donors (Lipinski definition) is 1. The van der Waals surface area contributed by atoms with Crippen LogP contribution in [0.1, 0.15) is 38.9 Å². The Balaban J connectivity index is 2.02. The third-order valence-electron chi connectivity index (χ3n) is 3.27. The van der Waals surface area contributed by atoms with Gasteiger partial charge in [0.05, 0.1) is 12.1 Å². The number of likely N-dealkylation sites (tertiary alicyclic amines) is 1. The van der Waals surface area contributed by atoms with Gasteiger partial charge in [0, 0.05) is 11.6 Å². The molecule has 2 rings (SSSR count). The molecule has 0 spiro atoms. The summed E-state index contributed by atoms with van der Waals surface area (Å²) in [6, 6.07) is 7.24. The molecule has 0 aliphatic carbocycles. The number of rotatable bonds is 2. The Bertz CT molecular complexity index is 484. The zero-order valence-electron chi connectivity index (χ0n) is 12.0. The van der Waals surface area contributed by atoms with Crippen molar-refractivity contribution >= 4 is 29.0 Å². The monoisotopic (exact) mass is 313 g/mol. The quantitative estimate of drug-likeness (QED) is 0.846. The third kappa shape index (κ3) is 3.62. The molecule has 1 heterocycles. The summed E-state index contributed by atoms with van der Waals surface area (Å²) < 4.78 is 5.70. The normalized spacial score (nSPS) is 20.2. The zero-order chi connectivity index (χ0) is 14.9. The van der Waals surface area contributed by atoms with Crippen LogP contribution >= 0.6 is 23.8 Å². The predicted octanol–water partition coefficient (Wildman–Crippen LogP) is 3.55. The molecule has 5 heteroatoms. The molecule has 3 nitrogen and oxygen atoms in total. The van der Waals surface area contributed by atoms with Gasteiger partial charge in [0.15, 0.2) is 0 Å². The van der Waals surface area contributed by atoms with Crippen molar-refractivity contribution in [3.8, 4) is 0 Å². The second-order valence-corrected chi connectivity index (χ2v) is 6.81. The highest BCUT2D eigenvalue weighted by atomic mass is 35.5. The molecule has 110 valence electrons. The molecule has 1 aliphatic heterocycles. The van der Waals surface area contributed by atoms with E-state index in [4.69, 9.17) is 28.6 Å². The number of thiocarbonyl (C=S) groups is 1. The molecule has 1 fully saturated rings. The average molecular weight is 314 g/mol. The van der Waals surface area contributed by atoms with E-state index in [1.807, 2.05) is 37.8 Å². The first-order valence-corrected chi connectivity index (χ1v) is 7.50. The predicted molar refractivity (Wildman–Crippen MR) is 85.0 cm³/mol. The van der Waals surface area contributed by atoms with Crippen molar-refractivity contribution in [1.29, 1.82) is 0 Å². The SMILES string of the molecule is CC(C)(C)OC(=S)N1CCC1[C@@H](O)c1ccc(Cl)cc1. The van der Waals surface area contributed by atoms with Gasteiger partial charge in [-0.05, 0) is 57.1 Å². The molecule has 0 amide bonds. The zero-order valence-corrected chi connectivity index (χ0v) is 13.5. The lowest BCUT2D eigenvalue weighted by Crippen LogP contribution is -2.55. The van der Waals surface area contributed by atoms with Crippen molar-refractivity contribution in [2.45, 2.75) is 44.9 Å². The molecule has 1 aromatic carbocycles. The minimum Gasteiger partial charge on any atom is -0.465 e. The Morgan fingerprint density at radius 1 is 1.40 bits per heavy atom. The highest BCUT2D eigenvalue weighted by Crippen LogP contribution is 2.32. The minimum atomic E-state index is -0.581. The molecule has 2 atom stereocenters. The first-order valence-electron chi connectivity index (χ1n) is 6.71. The van der Waals surface area contributed by atoms with Crippen molar-refractivity contribution in [3.63, 3.8) is 0 Å². The molecule has 0 aromatic heterocycles. The number of aliphatic hydroxyl groups is 1. The summed E-state index contributed by atoms with van der Waals surface area (Å²) in [4.78, 5) is 1.94. The second-order valence-electron chi connectivity index (χ2n) is 6.03. The van der Waals surface area contributed by atoms with Crippen LogP contribution in [0.4, 0.5) is 0 Å². The van der Waals surface area contributed by atoms with Gasteiger partial charge < -0.3 is 14.7 Å². The molecular formula is C15H20ClNO2S. The lowest BCUT2D eigenvalue weighted by atomic mass is 9.93. The van der Waals surface area contributed by atoms with E-state index in [0.717, 1.165) is 18.5 Å². The molecular weight excluding hydrogens is 294 g/mol. The van der Waals surface area contributed by atoms with Crippen LogP contribution < -0.4 is 0 Å². The lowest BCUT2D eigenvalue weighted by Gasteiger charge is -2.45. The highest BCUT2D eigenvalue weighted by Gasteiger charge is 2.38. The van der Waals surface area contributed by atoms with E-state index < -0.39 is 6.10 Å². The standard InChI is InChI=1S/C15H20ClNO2S/c1-15(2,3)19-14(20)17-9-8-12(17)13(18)10-4-6-11(16)7-5-10/h4-7,12-13,18H,8-9H2,1-3H3/t12?,13-/m0/s1. The maximum Gasteiger partial charge on any atom is 0.260 e. The second kappa shape index (κ2) is 5.88. The lowest BCUT2D eigenvalue weighted by molar-refractivity contribution is -0.00145. The molecule has 1 aromatic rings. The summed E-state index contributed by atoms with van der Waals surface area (Å²) in [6.07, 6.45) is 0.319. The van der Waals surface area contributed by atoms with Crippen LogP contribution in [0.25, 0.3) is 0 Å². The number of halogens is 1. The summed E-state index contributed by atoms with van der Waals surface area (Å²) >= 11 is 11.2. The number of aliphatic hydroxyl groups excluding tert-OH is 1. The maximum atomic E-state index is 10.4. The fourth-order valence-corrected chi connectivity index (χ4v) is 2.77. The number of benzene rings is 1. The molecule has 20 heavy (non-hydrogen) atoms. The fraction of sp³-hybridized carbons (Fsp3) is 0.533. The first-order chi connectivity index (χ1) is 9.28. The number of ether oxygens (including phenoxy) is 1. The first kappa shape index (κ1) is 15.5. The van der Waals surface area contributed by atoms with Crippen molar-refractivity contribution in [1.82, 2.24) is 4.90 Å². The highest BCUT2D eigenvalue weighted by molar-refractivity contribution is 7.80. The summed E-state index contributed by atoms with van der Waals surface area (Å²) in [5, 5.41) is 11.6. The summed E-state index contributed by atoms with van der Waals surface area (Å²) in [5.41, 5.74) is 0.533. The van der Waals surface area contributed by atoms with E-state index in [2.05, 4.69) is 0 Å². The van der Waals surface area contributed by atoms with Crippen LogP contribution in [0.2, 0.25) is 5.02 Å². The van der Waals surface area contributed by atoms with Gasteiger partial charge in [0.1, 0.15) is 5.60 Å². The Morgan fingerprint density at radius 3 is 2.45 bits per heavy atom. The fourth-order valence-electron chi connectivity index (χ4n) is 2.16. The van der Waals surface area contributed by atoms with Crippen LogP contribution in [0.15, 0.2) is 24.3 Å². The number of hydrogen-bond acceptors (Lipinski definition) is 3.